The maximum atomic E-state index is 2.48. The van der Waals surface area contributed by atoms with Crippen molar-refractivity contribution in [2.75, 3.05) is 4.90 Å². The Morgan fingerprint density at radius 1 is 0.338 bits per heavy atom. The molecule has 0 aliphatic carbocycles. The van der Waals surface area contributed by atoms with Crippen molar-refractivity contribution in [3.8, 4) is 39.1 Å². The van der Waals surface area contributed by atoms with E-state index in [1.54, 1.807) is 0 Å². The highest BCUT2D eigenvalue weighted by molar-refractivity contribution is 7.26. The molecule has 0 bridgehead atoms. The summed E-state index contributed by atoms with van der Waals surface area (Å²) >= 11 is 1.88. The maximum Gasteiger partial charge on any atom is 0.0640 e. The molecule has 0 amide bonds. The predicted molar refractivity (Wildman–Crippen MR) is 280 cm³/mol. The summed E-state index contributed by atoms with van der Waals surface area (Å²) in [6, 6.07) is 88.9. The molecule has 2 heterocycles. The van der Waals surface area contributed by atoms with Crippen LogP contribution in [0.5, 0.6) is 0 Å². The van der Waals surface area contributed by atoms with Gasteiger partial charge in [-0.15, -0.1) is 11.3 Å². The molecule has 65 heavy (non-hydrogen) atoms. The fraction of sp³-hybridized carbons (Fsp3) is 0. The Morgan fingerprint density at radius 2 is 0.892 bits per heavy atom. The first-order chi connectivity index (χ1) is 32.2. The average molecular weight is 845 g/mol. The van der Waals surface area contributed by atoms with E-state index in [0.29, 0.717) is 0 Å². The van der Waals surface area contributed by atoms with Gasteiger partial charge in [0, 0.05) is 43.3 Å². The predicted octanol–water partition coefficient (Wildman–Crippen LogP) is 17.9. The Kier molecular flexibility index (Phi) is 8.75. The van der Waals surface area contributed by atoms with E-state index >= 15 is 0 Å². The van der Waals surface area contributed by atoms with Crippen LogP contribution < -0.4 is 4.90 Å². The lowest BCUT2D eigenvalue weighted by atomic mass is 9.94. The first-order valence-electron chi connectivity index (χ1n) is 22.2. The van der Waals surface area contributed by atoms with Gasteiger partial charge in [-0.2, -0.15) is 0 Å². The lowest BCUT2D eigenvalue weighted by molar-refractivity contribution is 1.18. The number of fused-ring (bicyclic) bond motifs is 10. The van der Waals surface area contributed by atoms with Gasteiger partial charge < -0.3 is 9.47 Å². The first-order valence-corrected chi connectivity index (χ1v) is 23.1. The van der Waals surface area contributed by atoms with Crippen molar-refractivity contribution < 1.29 is 0 Å². The van der Waals surface area contributed by atoms with Crippen LogP contribution in [0.4, 0.5) is 17.1 Å². The van der Waals surface area contributed by atoms with E-state index in [4.69, 9.17) is 0 Å². The number of hydrogen-bond donors (Lipinski definition) is 0. The molecule has 2 nitrogen and oxygen atoms in total. The summed E-state index contributed by atoms with van der Waals surface area (Å²) < 4.78 is 5.02. The van der Waals surface area contributed by atoms with Gasteiger partial charge >= 0.3 is 0 Å². The molecule has 0 saturated carbocycles. The van der Waals surface area contributed by atoms with Gasteiger partial charge in [0.15, 0.2) is 0 Å². The van der Waals surface area contributed by atoms with E-state index in [1.165, 1.54) is 91.4 Å². The number of benzene rings is 11. The lowest BCUT2D eigenvalue weighted by Crippen LogP contribution is -2.10. The maximum absolute atomic E-state index is 2.48. The molecule has 13 rings (SSSR count). The lowest BCUT2D eigenvalue weighted by Gasteiger charge is -2.27. The number of rotatable bonds is 7. The molecular weight excluding hydrogens is 805 g/mol. The van der Waals surface area contributed by atoms with Crippen LogP contribution in [-0.4, -0.2) is 4.57 Å². The number of nitrogens with zero attached hydrogens (tertiary/aromatic N) is 2. The highest BCUT2D eigenvalue weighted by Gasteiger charge is 2.22. The molecule has 0 fully saturated rings. The monoisotopic (exact) mass is 844 g/mol. The van der Waals surface area contributed by atoms with E-state index in [0.717, 1.165) is 28.3 Å². The molecule has 304 valence electrons. The van der Waals surface area contributed by atoms with Crippen molar-refractivity contribution in [2.24, 2.45) is 0 Å². The Bertz CT molecular complexity index is 3920. The Hall–Kier alpha value is -8.24. The molecule has 0 saturated heterocycles. The smallest absolute Gasteiger partial charge is 0.0640 e. The second kappa shape index (κ2) is 15.2. The number of hydrogen-bond acceptors (Lipinski definition) is 2. The average Bonchev–Trinajstić information content (AvgIpc) is 3.94. The van der Waals surface area contributed by atoms with Gasteiger partial charge in [0.1, 0.15) is 0 Å². The zero-order valence-electron chi connectivity index (χ0n) is 35.4. The van der Waals surface area contributed by atoms with Gasteiger partial charge in [-0.25, -0.2) is 0 Å². The quantitative estimate of drug-likeness (QED) is 0.155. The molecular formula is C62H40N2S. The normalized spacial score (nSPS) is 11.7. The Balaban J connectivity index is 1.05. The van der Waals surface area contributed by atoms with Crippen molar-refractivity contribution in [1.82, 2.24) is 4.57 Å². The van der Waals surface area contributed by atoms with Gasteiger partial charge in [-0.1, -0.05) is 188 Å². The fourth-order valence-corrected chi connectivity index (χ4v) is 11.4. The van der Waals surface area contributed by atoms with Gasteiger partial charge in [-0.3, -0.25) is 0 Å². The van der Waals surface area contributed by atoms with Crippen LogP contribution in [0.25, 0.3) is 103 Å². The molecule has 3 heteroatoms. The highest BCUT2D eigenvalue weighted by Crippen LogP contribution is 2.48. The summed E-state index contributed by atoms with van der Waals surface area (Å²) in [5.74, 6) is 0. The largest absolute Gasteiger partial charge is 0.309 e. The molecule has 0 radical (unpaired) electrons. The third-order valence-electron chi connectivity index (χ3n) is 13.2. The first kappa shape index (κ1) is 37.3. The molecule has 11 aromatic carbocycles. The standard InChI is InChI=1S/C62H40N2S/c1-3-14-41(15-4-1)42-26-32-48(33-27-42)64-56-38-30-44-18-7-9-22-52(44)60(56)54-37-36-49(40-58(54)64)63(47-34-28-46(29-35-47)51-21-12-11-20-50(51)43-16-5-2-6-17-43)57-25-13-24-55-61-53-23-10-8-19-45(53)31-39-59(61)65-62(55)57/h1-40H. The summed E-state index contributed by atoms with van der Waals surface area (Å²) in [7, 11) is 0. The summed E-state index contributed by atoms with van der Waals surface area (Å²) in [6.45, 7) is 0. The summed E-state index contributed by atoms with van der Waals surface area (Å²) in [4.78, 5) is 2.48. The molecule has 0 unspecified atom stereocenters. The summed E-state index contributed by atoms with van der Waals surface area (Å²) in [6.07, 6.45) is 0. The van der Waals surface area contributed by atoms with Crippen LogP contribution >= 0.6 is 11.3 Å². The highest BCUT2D eigenvalue weighted by atomic mass is 32.1. The molecule has 2 aromatic heterocycles. The van der Waals surface area contributed by atoms with Crippen molar-refractivity contribution in [3.05, 3.63) is 243 Å². The van der Waals surface area contributed by atoms with Crippen molar-refractivity contribution in [2.45, 2.75) is 0 Å². The van der Waals surface area contributed by atoms with E-state index in [-0.39, 0.29) is 0 Å². The molecule has 0 N–H and O–H groups in total. The van der Waals surface area contributed by atoms with Gasteiger partial charge in [0.25, 0.3) is 0 Å². The van der Waals surface area contributed by atoms with Crippen LogP contribution in [-0.2, 0) is 0 Å². The van der Waals surface area contributed by atoms with Crippen LogP contribution in [0, 0.1) is 0 Å². The number of thiophene rings is 1. The van der Waals surface area contributed by atoms with Gasteiger partial charge in [0.2, 0.25) is 0 Å². The molecule has 0 aliphatic rings. The van der Waals surface area contributed by atoms with Crippen molar-refractivity contribution in [3.63, 3.8) is 0 Å². The summed E-state index contributed by atoms with van der Waals surface area (Å²) in [5.41, 5.74) is 14.1. The minimum Gasteiger partial charge on any atom is -0.309 e. The number of anilines is 3. The van der Waals surface area contributed by atoms with Crippen LogP contribution in [0.3, 0.4) is 0 Å². The van der Waals surface area contributed by atoms with Gasteiger partial charge in [-0.05, 0) is 110 Å². The minimum absolute atomic E-state index is 1.10. The minimum atomic E-state index is 1.10. The van der Waals surface area contributed by atoms with Crippen LogP contribution in [0.1, 0.15) is 0 Å². The van der Waals surface area contributed by atoms with Crippen molar-refractivity contribution >= 4 is 91.9 Å². The van der Waals surface area contributed by atoms with Crippen LogP contribution in [0.15, 0.2) is 243 Å². The number of aromatic nitrogens is 1. The molecule has 13 aromatic rings. The van der Waals surface area contributed by atoms with Crippen molar-refractivity contribution in [1.29, 1.82) is 0 Å². The fourth-order valence-electron chi connectivity index (χ4n) is 10.2. The molecule has 0 atom stereocenters. The zero-order valence-corrected chi connectivity index (χ0v) is 36.2. The third-order valence-corrected chi connectivity index (χ3v) is 14.4. The zero-order chi connectivity index (χ0) is 42.8. The topological polar surface area (TPSA) is 8.17 Å². The van der Waals surface area contributed by atoms with Crippen LogP contribution in [0.2, 0.25) is 0 Å². The van der Waals surface area contributed by atoms with E-state index < -0.39 is 0 Å². The summed E-state index contributed by atoms with van der Waals surface area (Å²) in [5, 5.41) is 10.1. The van der Waals surface area contributed by atoms with Gasteiger partial charge in [0.05, 0.1) is 21.4 Å². The Morgan fingerprint density at radius 3 is 1.62 bits per heavy atom. The molecule has 0 spiro atoms. The second-order valence-electron chi connectivity index (χ2n) is 16.8. The van der Waals surface area contributed by atoms with E-state index in [1.807, 2.05) is 11.3 Å². The molecule has 0 aliphatic heterocycles. The van der Waals surface area contributed by atoms with E-state index in [9.17, 15) is 0 Å². The van der Waals surface area contributed by atoms with E-state index in [2.05, 4.69) is 252 Å². The third kappa shape index (κ3) is 6.16. The second-order valence-corrected chi connectivity index (χ2v) is 17.9. The SMILES string of the molecule is c1ccc(-c2ccc(-n3c4cc(N(c5ccc(-c6ccccc6-c6ccccc6)cc5)c5cccc6c5sc5ccc7ccccc7c56)ccc4c4c5ccccc5ccc43)cc2)cc1. The Labute approximate surface area is 381 Å².